The molecule has 3 aromatic carbocycles. The Balaban J connectivity index is 1.49. The molecule has 5 rings (SSSR count). The van der Waals surface area contributed by atoms with Crippen LogP contribution >= 0.6 is 0 Å². The number of aryl methyl sites for hydroxylation is 1. The summed E-state index contributed by atoms with van der Waals surface area (Å²) in [6.45, 7) is 0. The minimum absolute atomic E-state index is 0.245. The van der Waals surface area contributed by atoms with E-state index in [1.165, 1.54) is 0 Å². The molecule has 8 heteroatoms. The minimum atomic E-state index is -0.537. The molecule has 0 bridgehead atoms. The molecule has 1 unspecified atom stereocenters. The molecule has 0 saturated carbocycles. The summed E-state index contributed by atoms with van der Waals surface area (Å²) in [4.78, 5) is 18.1. The molecule has 0 saturated heterocycles. The average Bonchev–Trinajstić information content (AvgIpc) is 3.61. The largest absolute Gasteiger partial charge is 0.497 e. The third-order valence-corrected chi connectivity index (χ3v) is 6.16. The van der Waals surface area contributed by atoms with Crippen LogP contribution < -0.4 is 14.8 Å². The highest BCUT2D eigenvalue weighted by Gasteiger charge is 2.23. The number of aromatic nitrogens is 4. The molecule has 0 aliphatic rings. The molecule has 37 heavy (non-hydrogen) atoms. The van der Waals surface area contributed by atoms with Gasteiger partial charge in [0.2, 0.25) is 0 Å². The van der Waals surface area contributed by atoms with Gasteiger partial charge in [-0.05, 0) is 42.0 Å². The Kier molecular flexibility index (Phi) is 6.72. The predicted octanol–water partition coefficient (Wildman–Crippen LogP) is 4.81. The SMILES string of the molecule is COc1cc(OC)cc(C(NC(=O)c2cccc(-n3nccc3-c3ccccc3)c2)c2nccn2C)c1. The first-order chi connectivity index (χ1) is 18.1. The number of ether oxygens (including phenoxy) is 2. The van der Waals surface area contributed by atoms with E-state index in [9.17, 15) is 4.79 Å². The summed E-state index contributed by atoms with van der Waals surface area (Å²) >= 11 is 0. The van der Waals surface area contributed by atoms with E-state index in [2.05, 4.69) is 15.4 Å². The maximum absolute atomic E-state index is 13.6. The highest BCUT2D eigenvalue weighted by Crippen LogP contribution is 2.30. The smallest absolute Gasteiger partial charge is 0.252 e. The highest BCUT2D eigenvalue weighted by atomic mass is 16.5. The molecular formula is C29H27N5O3. The number of methoxy groups -OCH3 is 2. The van der Waals surface area contributed by atoms with Crippen LogP contribution in [0.25, 0.3) is 16.9 Å². The lowest BCUT2D eigenvalue weighted by molar-refractivity contribution is 0.0941. The number of amides is 1. The van der Waals surface area contributed by atoms with Crippen LogP contribution in [0.2, 0.25) is 0 Å². The molecule has 0 aliphatic heterocycles. The summed E-state index contributed by atoms with van der Waals surface area (Å²) in [5, 5.41) is 7.66. The Labute approximate surface area is 215 Å². The number of hydrogen-bond donors (Lipinski definition) is 1. The maximum atomic E-state index is 13.6. The zero-order valence-corrected chi connectivity index (χ0v) is 20.8. The van der Waals surface area contributed by atoms with E-state index in [4.69, 9.17) is 9.47 Å². The standard InChI is InChI=1S/C29H27N5O3/c1-33-15-14-30-28(33)27(22-17-24(36-2)19-25(18-22)37-3)32-29(35)21-10-7-11-23(16-21)34-26(12-13-31-34)20-8-5-4-6-9-20/h4-19,27H,1-3H3,(H,32,35). The lowest BCUT2D eigenvalue weighted by atomic mass is 10.0. The topological polar surface area (TPSA) is 83.2 Å². The number of carbonyl (C=O) groups is 1. The second kappa shape index (κ2) is 10.4. The normalized spacial score (nSPS) is 11.6. The van der Waals surface area contributed by atoms with Gasteiger partial charge < -0.3 is 19.4 Å². The Morgan fingerprint density at radius 3 is 2.32 bits per heavy atom. The molecule has 1 amide bonds. The summed E-state index contributed by atoms with van der Waals surface area (Å²) in [7, 11) is 5.08. The summed E-state index contributed by atoms with van der Waals surface area (Å²) < 4.78 is 14.6. The fraction of sp³-hybridized carbons (Fsp3) is 0.138. The van der Waals surface area contributed by atoms with Gasteiger partial charge in [0.15, 0.2) is 0 Å². The van der Waals surface area contributed by atoms with Gasteiger partial charge >= 0.3 is 0 Å². The second-order valence-electron chi connectivity index (χ2n) is 8.49. The number of nitrogens with zero attached hydrogens (tertiary/aromatic N) is 4. The molecule has 8 nitrogen and oxygen atoms in total. The molecule has 2 heterocycles. The highest BCUT2D eigenvalue weighted by molar-refractivity contribution is 5.95. The van der Waals surface area contributed by atoms with Crippen molar-refractivity contribution < 1.29 is 14.3 Å². The molecule has 0 spiro atoms. The molecular weight excluding hydrogens is 466 g/mol. The Bertz CT molecular complexity index is 1500. The first-order valence-corrected chi connectivity index (χ1v) is 11.8. The van der Waals surface area contributed by atoms with Crippen LogP contribution in [0.4, 0.5) is 0 Å². The summed E-state index contributed by atoms with van der Waals surface area (Å²) in [6.07, 6.45) is 5.30. The molecule has 0 fully saturated rings. The van der Waals surface area contributed by atoms with Crippen molar-refractivity contribution in [2.45, 2.75) is 6.04 Å². The van der Waals surface area contributed by atoms with Crippen LogP contribution in [-0.4, -0.2) is 39.5 Å². The van der Waals surface area contributed by atoms with Gasteiger partial charge in [-0.15, -0.1) is 0 Å². The van der Waals surface area contributed by atoms with Gasteiger partial charge in [-0.1, -0.05) is 36.4 Å². The fourth-order valence-corrected chi connectivity index (χ4v) is 4.28. The van der Waals surface area contributed by atoms with Crippen molar-refractivity contribution in [1.29, 1.82) is 0 Å². The molecule has 186 valence electrons. The summed E-state index contributed by atoms with van der Waals surface area (Å²) in [6, 6.07) is 24.4. The molecule has 1 atom stereocenters. The van der Waals surface area contributed by atoms with Gasteiger partial charge in [-0.25, -0.2) is 9.67 Å². The van der Waals surface area contributed by atoms with Gasteiger partial charge in [-0.2, -0.15) is 5.10 Å². The fourth-order valence-electron chi connectivity index (χ4n) is 4.28. The average molecular weight is 494 g/mol. The van der Waals surface area contributed by atoms with E-state index < -0.39 is 6.04 Å². The van der Waals surface area contributed by atoms with Crippen LogP contribution in [0, 0.1) is 0 Å². The van der Waals surface area contributed by atoms with E-state index in [0.717, 1.165) is 22.5 Å². The van der Waals surface area contributed by atoms with Crippen molar-refractivity contribution in [3.63, 3.8) is 0 Å². The number of nitrogens with one attached hydrogen (secondary N) is 1. The van der Waals surface area contributed by atoms with Gasteiger partial charge in [0.1, 0.15) is 23.4 Å². The number of hydrogen-bond acceptors (Lipinski definition) is 5. The summed E-state index contributed by atoms with van der Waals surface area (Å²) in [5.41, 5.74) is 4.05. The molecule has 0 aliphatic carbocycles. The predicted molar refractivity (Wildman–Crippen MR) is 141 cm³/mol. The lowest BCUT2D eigenvalue weighted by Crippen LogP contribution is -2.31. The van der Waals surface area contributed by atoms with Gasteiger partial charge in [-0.3, -0.25) is 4.79 Å². The van der Waals surface area contributed by atoms with Crippen molar-refractivity contribution in [2.75, 3.05) is 14.2 Å². The molecule has 1 N–H and O–H groups in total. The third-order valence-electron chi connectivity index (χ3n) is 6.16. The third kappa shape index (κ3) is 4.95. The van der Waals surface area contributed by atoms with E-state index in [0.29, 0.717) is 22.9 Å². The van der Waals surface area contributed by atoms with Crippen LogP contribution in [-0.2, 0) is 7.05 Å². The summed E-state index contributed by atoms with van der Waals surface area (Å²) in [5.74, 6) is 1.68. The monoisotopic (exact) mass is 493 g/mol. The number of benzene rings is 3. The maximum Gasteiger partial charge on any atom is 0.252 e. The van der Waals surface area contributed by atoms with Crippen LogP contribution in [0.1, 0.15) is 27.8 Å². The Hall–Kier alpha value is -4.85. The molecule has 2 aromatic heterocycles. The van der Waals surface area contributed by atoms with Gasteiger partial charge in [0.25, 0.3) is 5.91 Å². The van der Waals surface area contributed by atoms with E-state index >= 15 is 0 Å². The van der Waals surface area contributed by atoms with Crippen molar-refractivity contribution >= 4 is 5.91 Å². The minimum Gasteiger partial charge on any atom is -0.497 e. The second-order valence-corrected chi connectivity index (χ2v) is 8.49. The van der Waals surface area contributed by atoms with Crippen molar-refractivity contribution in [3.05, 3.63) is 114 Å². The van der Waals surface area contributed by atoms with Crippen molar-refractivity contribution in [3.8, 4) is 28.4 Å². The van der Waals surface area contributed by atoms with Crippen molar-refractivity contribution in [1.82, 2.24) is 24.6 Å². The first-order valence-electron chi connectivity index (χ1n) is 11.8. The van der Waals surface area contributed by atoms with Gasteiger partial charge in [0.05, 0.1) is 31.8 Å². The van der Waals surface area contributed by atoms with Crippen LogP contribution in [0.3, 0.4) is 0 Å². The van der Waals surface area contributed by atoms with E-state index in [-0.39, 0.29) is 5.91 Å². The number of carbonyl (C=O) groups excluding carboxylic acids is 1. The van der Waals surface area contributed by atoms with Gasteiger partial charge in [0, 0.05) is 36.6 Å². The first kappa shape index (κ1) is 23.9. The Morgan fingerprint density at radius 2 is 1.65 bits per heavy atom. The van der Waals surface area contributed by atoms with Crippen LogP contribution in [0.5, 0.6) is 11.5 Å². The molecule has 0 radical (unpaired) electrons. The lowest BCUT2D eigenvalue weighted by Gasteiger charge is -2.21. The van der Waals surface area contributed by atoms with E-state index in [1.54, 1.807) is 38.7 Å². The van der Waals surface area contributed by atoms with E-state index in [1.807, 2.05) is 89.2 Å². The van der Waals surface area contributed by atoms with Crippen LogP contribution in [0.15, 0.2) is 97.5 Å². The number of imidazole rings is 1. The van der Waals surface area contributed by atoms with Crippen molar-refractivity contribution in [2.24, 2.45) is 7.05 Å². The zero-order chi connectivity index (χ0) is 25.8. The quantitative estimate of drug-likeness (QED) is 0.335. The zero-order valence-electron chi connectivity index (χ0n) is 20.8. The Morgan fingerprint density at radius 1 is 0.892 bits per heavy atom. The molecule has 5 aromatic rings. The number of rotatable bonds is 8.